The van der Waals surface area contributed by atoms with E-state index in [9.17, 15) is 13.2 Å². The van der Waals surface area contributed by atoms with Gasteiger partial charge in [0.1, 0.15) is 0 Å². The van der Waals surface area contributed by atoms with Crippen molar-refractivity contribution in [3.8, 4) is 11.1 Å². The molecule has 8 nitrogen and oxygen atoms in total. The summed E-state index contributed by atoms with van der Waals surface area (Å²) in [6, 6.07) is 12.6. The predicted octanol–water partition coefficient (Wildman–Crippen LogP) is 2.31. The van der Waals surface area contributed by atoms with E-state index < -0.39 is 15.7 Å². The van der Waals surface area contributed by atoms with Gasteiger partial charge in [0.15, 0.2) is 15.5 Å². The molecule has 1 saturated heterocycles. The molecule has 4 rings (SSSR count). The highest BCUT2D eigenvalue weighted by molar-refractivity contribution is 7.90. The van der Waals surface area contributed by atoms with Crippen LogP contribution in [0.4, 0.5) is 5.69 Å². The highest BCUT2D eigenvalue weighted by Crippen LogP contribution is 2.31. The minimum absolute atomic E-state index is 0.136. The molecule has 0 saturated carbocycles. The Kier molecular flexibility index (Phi) is 5.63. The van der Waals surface area contributed by atoms with E-state index in [2.05, 4.69) is 27.5 Å². The summed E-state index contributed by atoms with van der Waals surface area (Å²) in [5.41, 5.74) is 8.68. The summed E-state index contributed by atoms with van der Waals surface area (Å²) in [5.74, 6) is -0.620. The fourth-order valence-corrected chi connectivity index (χ4v) is 4.49. The number of piperidine rings is 1. The van der Waals surface area contributed by atoms with Gasteiger partial charge in [-0.2, -0.15) is 0 Å². The average Bonchev–Trinajstić information content (AvgIpc) is 2.74. The zero-order valence-electron chi connectivity index (χ0n) is 17.5. The van der Waals surface area contributed by atoms with E-state index in [1.807, 2.05) is 18.2 Å². The lowest BCUT2D eigenvalue weighted by Gasteiger charge is -2.30. The van der Waals surface area contributed by atoms with Crippen LogP contribution in [0, 0.1) is 0 Å². The molecule has 0 unspecified atom stereocenters. The maximum atomic E-state index is 12.0. The number of nitrogens with zero attached hydrogens (tertiary/aromatic N) is 3. The molecule has 3 aromatic rings. The lowest BCUT2D eigenvalue weighted by atomic mass is 10.0. The molecule has 0 spiro atoms. The van der Waals surface area contributed by atoms with Crippen LogP contribution in [0.15, 0.2) is 47.4 Å². The molecule has 1 amide bonds. The van der Waals surface area contributed by atoms with Gasteiger partial charge < -0.3 is 16.0 Å². The molecule has 1 aromatic heterocycles. The van der Waals surface area contributed by atoms with Gasteiger partial charge in [-0.25, -0.2) is 8.42 Å². The van der Waals surface area contributed by atoms with Crippen LogP contribution in [-0.4, -0.2) is 61.9 Å². The number of hydrogen-bond donors (Lipinski definition) is 2. The molecular formula is C22H25N5O3S. The molecule has 0 bridgehead atoms. The number of rotatable bonds is 5. The van der Waals surface area contributed by atoms with E-state index in [0.717, 1.165) is 42.4 Å². The van der Waals surface area contributed by atoms with Gasteiger partial charge in [0.05, 0.1) is 16.1 Å². The van der Waals surface area contributed by atoms with Gasteiger partial charge >= 0.3 is 0 Å². The molecule has 0 radical (unpaired) electrons. The van der Waals surface area contributed by atoms with Crippen molar-refractivity contribution in [3.63, 3.8) is 0 Å². The largest absolute Gasteiger partial charge is 0.380 e. The predicted molar refractivity (Wildman–Crippen MR) is 121 cm³/mol. The number of amides is 1. The van der Waals surface area contributed by atoms with E-state index in [-0.39, 0.29) is 16.6 Å². The first-order valence-corrected chi connectivity index (χ1v) is 12.0. The fourth-order valence-electron chi connectivity index (χ4n) is 3.86. The van der Waals surface area contributed by atoms with Gasteiger partial charge in [0.2, 0.25) is 0 Å². The Balaban J connectivity index is 1.72. The second-order valence-electron chi connectivity index (χ2n) is 8.04. The van der Waals surface area contributed by atoms with Crippen LogP contribution < -0.4 is 11.1 Å². The van der Waals surface area contributed by atoms with Crippen molar-refractivity contribution in [2.75, 3.05) is 31.7 Å². The quantitative estimate of drug-likeness (QED) is 0.626. The minimum Gasteiger partial charge on any atom is -0.380 e. The molecular weight excluding hydrogens is 414 g/mol. The lowest BCUT2D eigenvalue weighted by Crippen LogP contribution is -2.37. The number of benzene rings is 2. The summed E-state index contributed by atoms with van der Waals surface area (Å²) >= 11 is 0. The SMILES string of the molecule is CN1CCC(Nc2c(C(N)=O)nnc3cc(-c4ccc(S(C)(=O)=O)cc4)ccc23)CC1. The number of nitrogens with two attached hydrogens (primary N) is 1. The Hall–Kier alpha value is -3.04. The molecule has 3 N–H and O–H groups in total. The summed E-state index contributed by atoms with van der Waals surface area (Å²) in [5, 5.41) is 12.6. The molecule has 9 heteroatoms. The third-order valence-corrected chi connectivity index (χ3v) is 6.81. The topological polar surface area (TPSA) is 118 Å². The minimum atomic E-state index is -3.25. The number of aromatic nitrogens is 2. The summed E-state index contributed by atoms with van der Waals surface area (Å²) in [6.07, 6.45) is 3.11. The molecule has 1 fully saturated rings. The van der Waals surface area contributed by atoms with Crippen molar-refractivity contribution in [3.05, 3.63) is 48.2 Å². The van der Waals surface area contributed by atoms with Crippen LogP contribution in [0.25, 0.3) is 22.0 Å². The number of sulfone groups is 1. The first kappa shape index (κ1) is 21.2. The van der Waals surface area contributed by atoms with Crippen LogP contribution in [-0.2, 0) is 9.84 Å². The number of carbonyl (C=O) groups is 1. The number of hydrogen-bond acceptors (Lipinski definition) is 7. The number of nitrogens with one attached hydrogen (secondary N) is 1. The molecule has 2 aromatic carbocycles. The van der Waals surface area contributed by atoms with Crippen molar-refractivity contribution >= 4 is 32.3 Å². The molecule has 162 valence electrons. The normalized spacial score (nSPS) is 15.8. The Morgan fingerprint density at radius 2 is 1.71 bits per heavy atom. The zero-order chi connectivity index (χ0) is 22.2. The van der Waals surface area contributed by atoms with Crippen molar-refractivity contribution in [2.45, 2.75) is 23.8 Å². The van der Waals surface area contributed by atoms with E-state index in [1.165, 1.54) is 6.26 Å². The first-order valence-electron chi connectivity index (χ1n) is 10.1. The fraction of sp³-hybridized carbons (Fsp3) is 0.318. The Morgan fingerprint density at radius 1 is 1.06 bits per heavy atom. The van der Waals surface area contributed by atoms with Crippen LogP contribution >= 0.6 is 0 Å². The van der Waals surface area contributed by atoms with Crippen molar-refractivity contribution < 1.29 is 13.2 Å². The van der Waals surface area contributed by atoms with Crippen LogP contribution in [0.3, 0.4) is 0 Å². The van der Waals surface area contributed by atoms with Gasteiger partial charge in [-0.05, 0) is 68.4 Å². The number of fused-ring (bicyclic) bond motifs is 1. The summed E-state index contributed by atoms with van der Waals surface area (Å²) in [7, 11) is -1.15. The van der Waals surface area contributed by atoms with Gasteiger partial charge in [-0.1, -0.05) is 18.2 Å². The van der Waals surface area contributed by atoms with E-state index >= 15 is 0 Å². The standard InChI is InChI=1S/C22H25N5O3S/c1-27-11-9-16(10-12-27)24-20-18-8-5-15(13-19(18)25-26-21(20)22(23)28)14-3-6-17(7-4-14)31(2,29)30/h3-8,13,16H,9-12H2,1-2H3,(H2,23,28)(H,24,25). The highest BCUT2D eigenvalue weighted by atomic mass is 32.2. The smallest absolute Gasteiger partial charge is 0.271 e. The molecule has 31 heavy (non-hydrogen) atoms. The first-order chi connectivity index (χ1) is 14.7. The third kappa shape index (κ3) is 4.52. The van der Waals surface area contributed by atoms with Crippen LogP contribution in [0.1, 0.15) is 23.3 Å². The zero-order valence-corrected chi connectivity index (χ0v) is 18.3. The van der Waals surface area contributed by atoms with Crippen LogP contribution in [0.2, 0.25) is 0 Å². The number of carbonyl (C=O) groups excluding carboxylic acids is 1. The monoisotopic (exact) mass is 439 g/mol. The maximum absolute atomic E-state index is 12.0. The molecule has 2 heterocycles. The number of likely N-dealkylation sites (tertiary alicyclic amines) is 1. The molecule has 1 aliphatic rings. The Morgan fingerprint density at radius 3 is 2.32 bits per heavy atom. The van der Waals surface area contributed by atoms with Crippen molar-refractivity contribution in [1.82, 2.24) is 15.1 Å². The van der Waals surface area contributed by atoms with Gasteiger partial charge in [-0.15, -0.1) is 10.2 Å². The molecule has 0 atom stereocenters. The molecule has 0 aliphatic carbocycles. The Bertz CT molecular complexity index is 1230. The maximum Gasteiger partial charge on any atom is 0.271 e. The van der Waals surface area contributed by atoms with E-state index in [1.54, 1.807) is 24.3 Å². The second kappa shape index (κ2) is 8.24. The second-order valence-corrected chi connectivity index (χ2v) is 10.1. The van der Waals surface area contributed by atoms with Gasteiger partial charge in [0.25, 0.3) is 5.91 Å². The summed E-state index contributed by atoms with van der Waals surface area (Å²) in [6.45, 7) is 1.96. The number of primary amides is 1. The third-order valence-electron chi connectivity index (χ3n) is 5.68. The van der Waals surface area contributed by atoms with E-state index in [0.29, 0.717) is 11.2 Å². The summed E-state index contributed by atoms with van der Waals surface area (Å²) < 4.78 is 23.4. The van der Waals surface area contributed by atoms with Crippen molar-refractivity contribution in [1.29, 1.82) is 0 Å². The van der Waals surface area contributed by atoms with Crippen LogP contribution in [0.5, 0.6) is 0 Å². The lowest BCUT2D eigenvalue weighted by molar-refractivity contribution is 0.0995. The highest BCUT2D eigenvalue weighted by Gasteiger charge is 2.22. The van der Waals surface area contributed by atoms with E-state index in [4.69, 9.17) is 5.73 Å². The van der Waals surface area contributed by atoms with Gasteiger partial charge in [0, 0.05) is 17.7 Å². The number of anilines is 1. The summed E-state index contributed by atoms with van der Waals surface area (Å²) in [4.78, 5) is 14.5. The average molecular weight is 440 g/mol. The Labute approximate surface area is 181 Å². The van der Waals surface area contributed by atoms with Crippen molar-refractivity contribution in [2.24, 2.45) is 5.73 Å². The van der Waals surface area contributed by atoms with Gasteiger partial charge in [-0.3, -0.25) is 4.79 Å². The molecule has 1 aliphatic heterocycles.